The lowest BCUT2D eigenvalue weighted by Gasteiger charge is -2.06. The van der Waals surface area contributed by atoms with E-state index in [1.165, 1.54) is 5.69 Å². The van der Waals surface area contributed by atoms with Crippen molar-refractivity contribution in [3.8, 4) is 0 Å². The van der Waals surface area contributed by atoms with Gasteiger partial charge in [0.2, 0.25) is 0 Å². The van der Waals surface area contributed by atoms with Crippen molar-refractivity contribution in [2.75, 3.05) is 5.32 Å². The fourth-order valence-corrected chi connectivity index (χ4v) is 1.79. The van der Waals surface area contributed by atoms with E-state index in [1.54, 1.807) is 0 Å². The zero-order valence-corrected chi connectivity index (χ0v) is 12.2. The first kappa shape index (κ1) is 14.6. The Morgan fingerprint density at radius 3 is 2.61 bits per heavy atom. The van der Waals surface area contributed by atoms with Crippen molar-refractivity contribution < 1.29 is 0 Å². The largest absolute Gasteiger partial charge is 0.377 e. The third kappa shape index (κ3) is 3.07. The van der Waals surface area contributed by atoms with E-state index in [1.807, 2.05) is 11.6 Å². The number of aryl methyl sites for hydroxylation is 2. The van der Waals surface area contributed by atoms with Crippen LogP contribution in [0.15, 0.2) is 24.5 Å². The Labute approximate surface area is 114 Å². The molecule has 0 spiro atoms. The Kier molecular flexibility index (Phi) is 4.84. The van der Waals surface area contributed by atoms with Gasteiger partial charge in [-0.05, 0) is 32.9 Å². The van der Waals surface area contributed by atoms with Crippen molar-refractivity contribution in [3.05, 3.63) is 35.9 Å². The van der Waals surface area contributed by atoms with Crippen LogP contribution >= 0.6 is 12.4 Å². The molecule has 0 atom stereocenters. The molecule has 1 N–H and O–H groups in total. The Hall–Kier alpha value is -1.42. The molecule has 0 fully saturated rings. The fourth-order valence-electron chi connectivity index (χ4n) is 1.79. The average molecular weight is 269 g/mol. The van der Waals surface area contributed by atoms with Gasteiger partial charge in [0.05, 0.1) is 17.9 Å². The number of anilines is 1. The molecule has 0 aliphatic heterocycles. The van der Waals surface area contributed by atoms with Crippen LogP contribution < -0.4 is 5.32 Å². The quantitative estimate of drug-likeness (QED) is 0.925. The summed E-state index contributed by atoms with van der Waals surface area (Å²) in [5, 5.41) is 7.91. The molecule has 0 aliphatic rings. The molecule has 5 heteroatoms. The molecule has 0 amide bonds. The lowest BCUT2D eigenvalue weighted by atomic mass is 10.3. The molecule has 0 saturated carbocycles. The minimum absolute atomic E-state index is 0. The smallest absolute Gasteiger partial charge is 0.0825 e. The van der Waals surface area contributed by atoms with Crippen LogP contribution in [0.5, 0.6) is 0 Å². The molecule has 0 aliphatic carbocycles. The van der Waals surface area contributed by atoms with Gasteiger partial charge in [0.1, 0.15) is 0 Å². The first-order valence-electron chi connectivity index (χ1n) is 5.97. The maximum absolute atomic E-state index is 4.48. The van der Waals surface area contributed by atoms with Gasteiger partial charge in [-0.2, -0.15) is 5.10 Å². The molecule has 2 aromatic rings. The Morgan fingerprint density at radius 1 is 1.39 bits per heavy atom. The van der Waals surface area contributed by atoms with Crippen molar-refractivity contribution in [2.45, 2.75) is 33.4 Å². The SMILES string of the molecule is Cc1nn(C(C)C)cc1NCc1cccn1C.Cl. The summed E-state index contributed by atoms with van der Waals surface area (Å²) < 4.78 is 4.11. The summed E-state index contributed by atoms with van der Waals surface area (Å²) in [5.41, 5.74) is 3.43. The topological polar surface area (TPSA) is 34.8 Å². The second kappa shape index (κ2) is 5.96. The third-order valence-corrected chi connectivity index (χ3v) is 2.96. The Bertz CT molecular complexity index is 499. The minimum Gasteiger partial charge on any atom is -0.377 e. The number of hydrogen-bond acceptors (Lipinski definition) is 2. The summed E-state index contributed by atoms with van der Waals surface area (Å²) in [6.45, 7) is 7.13. The number of nitrogens with one attached hydrogen (secondary N) is 1. The van der Waals surface area contributed by atoms with Gasteiger partial charge in [-0.1, -0.05) is 0 Å². The number of hydrogen-bond donors (Lipinski definition) is 1. The second-order valence-corrected chi connectivity index (χ2v) is 4.67. The molecule has 0 radical (unpaired) electrons. The second-order valence-electron chi connectivity index (χ2n) is 4.67. The summed E-state index contributed by atoms with van der Waals surface area (Å²) in [6.07, 6.45) is 4.13. The van der Waals surface area contributed by atoms with Crippen LogP contribution in [-0.2, 0) is 13.6 Å². The molecule has 0 saturated heterocycles. The van der Waals surface area contributed by atoms with Gasteiger partial charge in [-0.15, -0.1) is 12.4 Å². The van der Waals surface area contributed by atoms with Crippen LogP contribution in [0.3, 0.4) is 0 Å². The molecule has 2 aromatic heterocycles. The highest BCUT2D eigenvalue weighted by atomic mass is 35.5. The normalized spacial score (nSPS) is 10.5. The fraction of sp³-hybridized carbons (Fsp3) is 0.462. The van der Waals surface area contributed by atoms with Crippen LogP contribution in [-0.4, -0.2) is 14.3 Å². The van der Waals surface area contributed by atoms with Gasteiger partial charge in [0, 0.05) is 31.2 Å². The van der Waals surface area contributed by atoms with E-state index in [0.29, 0.717) is 6.04 Å². The highest BCUT2D eigenvalue weighted by Crippen LogP contribution is 2.16. The highest BCUT2D eigenvalue weighted by Gasteiger charge is 2.07. The molecule has 2 heterocycles. The lowest BCUT2D eigenvalue weighted by Crippen LogP contribution is -2.04. The first-order chi connectivity index (χ1) is 8.08. The molecule has 2 rings (SSSR count). The van der Waals surface area contributed by atoms with E-state index in [-0.39, 0.29) is 12.4 Å². The molecular weight excluding hydrogens is 248 g/mol. The number of nitrogens with zero attached hydrogens (tertiary/aromatic N) is 3. The first-order valence-corrected chi connectivity index (χ1v) is 5.97. The number of aromatic nitrogens is 3. The zero-order chi connectivity index (χ0) is 12.4. The van der Waals surface area contributed by atoms with Gasteiger partial charge in [-0.25, -0.2) is 0 Å². The van der Waals surface area contributed by atoms with Crippen LogP contribution in [0.1, 0.15) is 31.3 Å². The molecule has 4 nitrogen and oxygen atoms in total. The highest BCUT2D eigenvalue weighted by molar-refractivity contribution is 5.85. The molecule has 100 valence electrons. The monoisotopic (exact) mass is 268 g/mol. The van der Waals surface area contributed by atoms with Gasteiger partial charge in [-0.3, -0.25) is 4.68 Å². The predicted molar refractivity (Wildman–Crippen MR) is 77.3 cm³/mol. The lowest BCUT2D eigenvalue weighted by molar-refractivity contribution is 0.529. The van der Waals surface area contributed by atoms with E-state index >= 15 is 0 Å². The van der Waals surface area contributed by atoms with E-state index < -0.39 is 0 Å². The van der Waals surface area contributed by atoms with Crippen LogP contribution in [0.2, 0.25) is 0 Å². The predicted octanol–water partition coefficient (Wildman–Crippen LogP) is 3.14. The summed E-state index contributed by atoms with van der Waals surface area (Å²) in [7, 11) is 2.06. The van der Waals surface area contributed by atoms with Gasteiger partial charge >= 0.3 is 0 Å². The Balaban J connectivity index is 0.00000162. The van der Waals surface area contributed by atoms with E-state index in [4.69, 9.17) is 0 Å². The van der Waals surface area contributed by atoms with E-state index in [0.717, 1.165) is 17.9 Å². The minimum atomic E-state index is 0. The number of rotatable bonds is 4. The van der Waals surface area contributed by atoms with Gasteiger partial charge in [0.25, 0.3) is 0 Å². The summed E-state index contributed by atoms with van der Waals surface area (Å²) in [4.78, 5) is 0. The van der Waals surface area contributed by atoms with E-state index in [2.05, 4.69) is 60.4 Å². The Morgan fingerprint density at radius 2 is 2.11 bits per heavy atom. The van der Waals surface area contributed by atoms with Crippen LogP contribution in [0.4, 0.5) is 5.69 Å². The van der Waals surface area contributed by atoms with E-state index in [9.17, 15) is 0 Å². The zero-order valence-electron chi connectivity index (χ0n) is 11.3. The maximum atomic E-state index is 4.48. The van der Waals surface area contributed by atoms with Crippen molar-refractivity contribution in [3.63, 3.8) is 0 Å². The third-order valence-electron chi connectivity index (χ3n) is 2.96. The summed E-state index contributed by atoms with van der Waals surface area (Å²) in [6, 6.07) is 4.58. The summed E-state index contributed by atoms with van der Waals surface area (Å²) >= 11 is 0. The molecular formula is C13H21ClN4. The molecule has 0 bridgehead atoms. The summed E-state index contributed by atoms with van der Waals surface area (Å²) in [5.74, 6) is 0. The van der Waals surface area contributed by atoms with Crippen LogP contribution in [0, 0.1) is 6.92 Å². The number of halogens is 1. The van der Waals surface area contributed by atoms with Crippen molar-refractivity contribution in [2.24, 2.45) is 7.05 Å². The van der Waals surface area contributed by atoms with Gasteiger partial charge < -0.3 is 9.88 Å². The van der Waals surface area contributed by atoms with Crippen LogP contribution in [0.25, 0.3) is 0 Å². The van der Waals surface area contributed by atoms with Crippen molar-refractivity contribution in [1.82, 2.24) is 14.3 Å². The maximum Gasteiger partial charge on any atom is 0.0825 e. The average Bonchev–Trinajstić information content (AvgIpc) is 2.82. The molecule has 0 unspecified atom stereocenters. The van der Waals surface area contributed by atoms with Crippen molar-refractivity contribution in [1.29, 1.82) is 0 Å². The van der Waals surface area contributed by atoms with Gasteiger partial charge in [0.15, 0.2) is 0 Å². The van der Waals surface area contributed by atoms with Crippen molar-refractivity contribution >= 4 is 18.1 Å². The molecule has 0 aromatic carbocycles. The molecule has 18 heavy (non-hydrogen) atoms. The standard InChI is InChI=1S/C13H20N4.ClH/c1-10(2)17-9-13(11(3)15-17)14-8-12-6-5-7-16(12)4;/h5-7,9-10,14H,8H2,1-4H3;1H.